The number of rotatable bonds is 3. The summed E-state index contributed by atoms with van der Waals surface area (Å²) in [5.41, 5.74) is 5.40. The molecule has 0 aromatic heterocycles. The van der Waals surface area contributed by atoms with E-state index in [1.807, 2.05) is 4.90 Å². The first-order chi connectivity index (χ1) is 7.31. The second kappa shape index (κ2) is 4.94. The lowest BCUT2D eigenvalue weighted by Crippen LogP contribution is -2.37. The fraction of sp³-hybridized carbons (Fsp3) is 0.909. The molecule has 2 aliphatic heterocycles. The number of nitrogens with zero attached hydrogens (tertiary/aromatic N) is 2. The molecule has 0 aromatic rings. The zero-order valence-electron chi connectivity index (χ0n) is 9.32. The molecule has 2 saturated heterocycles. The van der Waals surface area contributed by atoms with E-state index in [-0.39, 0.29) is 5.91 Å². The maximum atomic E-state index is 11.6. The maximum absolute atomic E-state index is 11.6. The fourth-order valence-corrected chi connectivity index (χ4v) is 2.65. The number of nitrogens with two attached hydrogens (primary N) is 1. The molecule has 2 N–H and O–H groups in total. The number of carbonyl (C=O) groups excluding carboxylic acids is 1. The molecular formula is C11H21N3O. The first-order valence-electron chi connectivity index (χ1n) is 6.03. The molecule has 0 spiro atoms. The van der Waals surface area contributed by atoms with E-state index in [2.05, 4.69) is 4.90 Å². The van der Waals surface area contributed by atoms with E-state index in [0.29, 0.717) is 19.0 Å². The van der Waals surface area contributed by atoms with Crippen molar-refractivity contribution >= 4 is 5.91 Å². The van der Waals surface area contributed by atoms with Gasteiger partial charge in [-0.15, -0.1) is 0 Å². The number of carbonyl (C=O) groups is 1. The average molecular weight is 211 g/mol. The first kappa shape index (κ1) is 10.9. The van der Waals surface area contributed by atoms with Crippen molar-refractivity contribution in [1.29, 1.82) is 0 Å². The molecular weight excluding hydrogens is 190 g/mol. The van der Waals surface area contributed by atoms with Gasteiger partial charge >= 0.3 is 0 Å². The van der Waals surface area contributed by atoms with Crippen LogP contribution >= 0.6 is 0 Å². The molecule has 2 fully saturated rings. The molecule has 0 aromatic carbocycles. The topological polar surface area (TPSA) is 49.6 Å². The van der Waals surface area contributed by atoms with Crippen molar-refractivity contribution < 1.29 is 4.79 Å². The van der Waals surface area contributed by atoms with Gasteiger partial charge in [0, 0.05) is 32.1 Å². The third kappa shape index (κ3) is 2.49. The summed E-state index contributed by atoms with van der Waals surface area (Å²) in [7, 11) is 0. The number of hydrogen-bond donors (Lipinski definition) is 1. The highest BCUT2D eigenvalue weighted by Gasteiger charge is 2.30. The lowest BCUT2D eigenvalue weighted by Gasteiger charge is -2.23. The summed E-state index contributed by atoms with van der Waals surface area (Å²) in [6.07, 6.45) is 4.31. The Kier molecular flexibility index (Phi) is 3.59. The molecule has 2 heterocycles. The van der Waals surface area contributed by atoms with E-state index in [1.54, 1.807) is 0 Å². The van der Waals surface area contributed by atoms with Crippen molar-refractivity contribution in [3.63, 3.8) is 0 Å². The Labute approximate surface area is 91.4 Å². The molecule has 0 aliphatic carbocycles. The minimum Gasteiger partial charge on any atom is -0.341 e. The normalized spacial score (nSPS) is 27.5. The second-order valence-electron chi connectivity index (χ2n) is 4.56. The summed E-state index contributed by atoms with van der Waals surface area (Å²) in [5.74, 6) is 0.235. The lowest BCUT2D eigenvalue weighted by atomic mass is 10.2. The molecule has 0 saturated carbocycles. The zero-order valence-corrected chi connectivity index (χ0v) is 9.32. The van der Waals surface area contributed by atoms with E-state index in [1.165, 1.54) is 25.9 Å². The minimum atomic E-state index is 0.235. The van der Waals surface area contributed by atoms with E-state index in [0.717, 1.165) is 19.5 Å². The quantitative estimate of drug-likeness (QED) is 0.716. The highest BCUT2D eigenvalue weighted by Crippen LogP contribution is 2.20. The van der Waals surface area contributed by atoms with Gasteiger partial charge in [-0.25, -0.2) is 0 Å². The Morgan fingerprint density at radius 3 is 2.67 bits per heavy atom. The molecule has 0 radical (unpaired) electrons. The van der Waals surface area contributed by atoms with Crippen LogP contribution in [0.4, 0.5) is 0 Å². The molecule has 0 bridgehead atoms. The van der Waals surface area contributed by atoms with Gasteiger partial charge in [-0.05, 0) is 32.4 Å². The molecule has 2 rings (SSSR count). The predicted molar refractivity (Wildman–Crippen MR) is 59.5 cm³/mol. The smallest absolute Gasteiger partial charge is 0.223 e. The monoisotopic (exact) mass is 211 g/mol. The van der Waals surface area contributed by atoms with Crippen LogP contribution in [0.25, 0.3) is 0 Å². The molecule has 4 nitrogen and oxygen atoms in total. The van der Waals surface area contributed by atoms with Gasteiger partial charge in [0.1, 0.15) is 0 Å². The van der Waals surface area contributed by atoms with Crippen LogP contribution in [0.2, 0.25) is 0 Å². The van der Waals surface area contributed by atoms with Gasteiger partial charge in [-0.3, -0.25) is 9.69 Å². The minimum absolute atomic E-state index is 0.235. The summed E-state index contributed by atoms with van der Waals surface area (Å²) in [5, 5.41) is 0. The molecule has 1 atom stereocenters. The summed E-state index contributed by atoms with van der Waals surface area (Å²) in [6, 6.07) is 0.620. The van der Waals surface area contributed by atoms with Crippen LogP contribution in [0.1, 0.15) is 25.7 Å². The van der Waals surface area contributed by atoms with Gasteiger partial charge < -0.3 is 10.6 Å². The Morgan fingerprint density at radius 1 is 1.27 bits per heavy atom. The predicted octanol–water partition coefficient (Wildman–Crippen LogP) is 0.0319. The van der Waals surface area contributed by atoms with Crippen molar-refractivity contribution in [1.82, 2.24) is 9.80 Å². The number of amides is 1. The Morgan fingerprint density at radius 2 is 2.00 bits per heavy atom. The summed E-state index contributed by atoms with van der Waals surface area (Å²) < 4.78 is 0. The summed E-state index contributed by atoms with van der Waals surface area (Å²) in [6.45, 7) is 4.79. The molecule has 86 valence electrons. The summed E-state index contributed by atoms with van der Waals surface area (Å²) in [4.78, 5) is 16.2. The van der Waals surface area contributed by atoms with Gasteiger partial charge in [0.2, 0.25) is 5.91 Å². The number of hydrogen-bond acceptors (Lipinski definition) is 3. The molecule has 4 heteroatoms. The van der Waals surface area contributed by atoms with Crippen molar-refractivity contribution in [3.8, 4) is 0 Å². The molecule has 2 aliphatic rings. The largest absolute Gasteiger partial charge is 0.341 e. The lowest BCUT2D eigenvalue weighted by molar-refractivity contribution is -0.130. The highest BCUT2D eigenvalue weighted by atomic mass is 16.2. The van der Waals surface area contributed by atoms with E-state index in [4.69, 9.17) is 5.73 Å². The van der Waals surface area contributed by atoms with Crippen LogP contribution < -0.4 is 5.73 Å². The zero-order chi connectivity index (χ0) is 10.7. The SMILES string of the molecule is NCCC(=O)N1CCC(N2CCCC2)C1. The van der Waals surface area contributed by atoms with E-state index < -0.39 is 0 Å². The van der Waals surface area contributed by atoms with Crippen LogP contribution in [-0.4, -0.2) is 54.5 Å². The average Bonchev–Trinajstić information content (AvgIpc) is 2.89. The maximum Gasteiger partial charge on any atom is 0.223 e. The van der Waals surface area contributed by atoms with Gasteiger partial charge in [0.05, 0.1) is 0 Å². The molecule has 15 heavy (non-hydrogen) atoms. The van der Waals surface area contributed by atoms with Gasteiger partial charge in [-0.2, -0.15) is 0 Å². The van der Waals surface area contributed by atoms with Crippen molar-refractivity contribution in [2.75, 3.05) is 32.7 Å². The fourth-order valence-electron chi connectivity index (χ4n) is 2.65. The van der Waals surface area contributed by atoms with Crippen molar-refractivity contribution in [2.24, 2.45) is 5.73 Å². The number of likely N-dealkylation sites (tertiary alicyclic amines) is 2. The Bertz CT molecular complexity index is 226. The third-order valence-electron chi connectivity index (χ3n) is 3.53. The van der Waals surface area contributed by atoms with Crippen molar-refractivity contribution in [3.05, 3.63) is 0 Å². The van der Waals surface area contributed by atoms with Gasteiger partial charge in [-0.1, -0.05) is 0 Å². The summed E-state index contributed by atoms with van der Waals surface area (Å²) >= 11 is 0. The Balaban J connectivity index is 1.80. The highest BCUT2D eigenvalue weighted by molar-refractivity contribution is 5.76. The van der Waals surface area contributed by atoms with Gasteiger partial charge in [0.15, 0.2) is 0 Å². The van der Waals surface area contributed by atoms with Crippen LogP contribution in [0.3, 0.4) is 0 Å². The molecule has 1 amide bonds. The van der Waals surface area contributed by atoms with Crippen LogP contribution in [0.15, 0.2) is 0 Å². The standard InChI is InChI=1S/C11H21N3O/c12-5-3-11(15)14-8-4-10(9-14)13-6-1-2-7-13/h10H,1-9,12H2. The Hall–Kier alpha value is -0.610. The van der Waals surface area contributed by atoms with E-state index in [9.17, 15) is 4.79 Å². The third-order valence-corrected chi connectivity index (χ3v) is 3.53. The van der Waals surface area contributed by atoms with Crippen molar-refractivity contribution in [2.45, 2.75) is 31.7 Å². The van der Waals surface area contributed by atoms with Gasteiger partial charge in [0.25, 0.3) is 0 Å². The van der Waals surface area contributed by atoms with Crippen LogP contribution in [0, 0.1) is 0 Å². The van der Waals surface area contributed by atoms with E-state index >= 15 is 0 Å². The first-order valence-corrected chi connectivity index (χ1v) is 6.03. The van der Waals surface area contributed by atoms with Crippen LogP contribution in [-0.2, 0) is 4.79 Å². The molecule has 1 unspecified atom stereocenters. The van der Waals surface area contributed by atoms with Crippen LogP contribution in [0.5, 0.6) is 0 Å². The second-order valence-corrected chi connectivity index (χ2v) is 4.56.